The Labute approximate surface area is 247 Å². The van der Waals surface area contributed by atoms with Gasteiger partial charge in [-0.05, 0) is 42.2 Å². The number of hydrogen-bond acceptors (Lipinski definition) is 6. The number of ether oxygens (including phenoxy) is 3. The highest BCUT2D eigenvalue weighted by Crippen LogP contribution is 2.45. The molecule has 0 aliphatic rings. The van der Waals surface area contributed by atoms with Gasteiger partial charge in [0.25, 0.3) is 10.0 Å². The molecule has 1 aromatic heterocycles. The van der Waals surface area contributed by atoms with Crippen molar-refractivity contribution in [1.82, 2.24) is 8.87 Å². The van der Waals surface area contributed by atoms with Crippen LogP contribution in [0.25, 0.3) is 10.9 Å². The van der Waals surface area contributed by atoms with Gasteiger partial charge in [-0.25, -0.2) is 12.4 Å². The van der Waals surface area contributed by atoms with Crippen LogP contribution < -0.4 is 14.2 Å². The fourth-order valence-electron chi connectivity index (χ4n) is 5.28. The summed E-state index contributed by atoms with van der Waals surface area (Å²) < 4.78 is 46.6. The summed E-state index contributed by atoms with van der Waals surface area (Å²) in [6, 6.07) is 29.3. The molecule has 0 N–H and O–H groups in total. The van der Waals surface area contributed by atoms with E-state index in [0.29, 0.717) is 41.1 Å². The summed E-state index contributed by atoms with van der Waals surface area (Å²) in [6.45, 7) is 4.12. The van der Waals surface area contributed by atoms with Gasteiger partial charge in [-0.1, -0.05) is 78.4 Å². The molecule has 8 heteroatoms. The fourth-order valence-corrected chi connectivity index (χ4v) is 6.67. The zero-order valence-corrected chi connectivity index (χ0v) is 25.2. The molecule has 0 unspecified atom stereocenters. The number of methoxy groups -OCH3 is 3. The Morgan fingerprint density at radius 3 is 1.83 bits per heavy atom. The molecule has 1 heterocycles. The van der Waals surface area contributed by atoms with E-state index in [2.05, 4.69) is 29.2 Å². The molecule has 0 aliphatic heterocycles. The van der Waals surface area contributed by atoms with E-state index >= 15 is 0 Å². The standard InChI is InChI=1S/C34H36N2O5S/c1-25-15-17-29(18-16-25)42(37,38)36-24-28(32-30(39-2)21-31(40-3)34(41-4)33(32)36)19-20-35(22-26-11-7-5-8-12-26)23-27-13-9-6-10-14-27/h5-18,21,24H,19-20,22-23H2,1-4H3. The Bertz CT molecular complexity index is 1710. The van der Waals surface area contributed by atoms with E-state index in [9.17, 15) is 8.42 Å². The van der Waals surface area contributed by atoms with Gasteiger partial charge in [0.05, 0.1) is 31.6 Å². The van der Waals surface area contributed by atoms with E-state index < -0.39 is 10.0 Å². The molecule has 0 fully saturated rings. The van der Waals surface area contributed by atoms with Crippen molar-refractivity contribution in [2.75, 3.05) is 27.9 Å². The summed E-state index contributed by atoms with van der Waals surface area (Å²) in [5.41, 5.74) is 4.62. The second-order valence-electron chi connectivity index (χ2n) is 10.2. The minimum atomic E-state index is -3.97. The summed E-state index contributed by atoms with van der Waals surface area (Å²) in [5, 5.41) is 0.685. The van der Waals surface area contributed by atoms with Gasteiger partial charge >= 0.3 is 0 Å². The molecule has 0 radical (unpaired) electrons. The van der Waals surface area contributed by atoms with E-state index in [0.717, 1.165) is 24.2 Å². The van der Waals surface area contributed by atoms with E-state index in [1.54, 1.807) is 43.6 Å². The van der Waals surface area contributed by atoms with E-state index in [-0.39, 0.29) is 4.90 Å². The molecule has 4 aromatic carbocycles. The van der Waals surface area contributed by atoms with Gasteiger partial charge in [-0.2, -0.15) is 0 Å². The second-order valence-corrected chi connectivity index (χ2v) is 12.1. The number of nitrogens with zero attached hydrogens (tertiary/aromatic N) is 2. The highest BCUT2D eigenvalue weighted by atomic mass is 32.2. The summed E-state index contributed by atoms with van der Waals surface area (Å²) in [6.07, 6.45) is 2.28. The van der Waals surface area contributed by atoms with E-state index in [1.165, 1.54) is 29.3 Å². The SMILES string of the molecule is COc1cc(OC)c2c(CCN(Cc3ccccc3)Cc3ccccc3)cn(S(=O)(=O)c3ccc(C)cc3)c2c1OC. The summed E-state index contributed by atoms with van der Waals surface area (Å²) in [5.74, 6) is 1.25. The molecule has 0 saturated carbocycles. The molecule has 0 atom stereocenters. The minimum Gasteiger partial charge on any atom is -0.496 e. The number of hydrogen-bond donors (Lipinski definition) is 0. The van der Waals surface area contributed by atoms with Crippen molar-refractivity contribution in [3.8, 4) is 17.2 Å². The first-order valence-electron chi connectivity index (χ1n) is 13.8. The zero-order valence-electron chi connectivity index (χ0n) is 24.4. The largest absolute Gasteiger partial charge is 0.496 e. The molecular weight excluding hydrogens is 548 g/mol. The average molecular weight is 585 g/mol. The number of rotatable bonds is 12. The molecule has 7 nitrogen and oxygen atoms in total. The lowest BCUT2D eigenvalue weighted by Crippen LogP contribution is -2.25. The Kier molecular flexibility index (Phi) is 8.85. The van der Waals surface area contributed by atoms with Crippen molar-refractivity contribution in [1.29, 1.82) is 0 Å². The van der Waals surface area contributed by atoms with Crippen molar-refractivity contribution in [2.24, 2.45) is 0 Å². The van der Waals surface area contributed by atoms with Crippen LogP contribution in [-0.2, 0) is 29.5 Å². The first kappa shape index (κ1) is 29.2. The minimum absolute atomic E-state index is 0.190. The normalized spacial score (nSPS) is 11.6. The summed E-state index contributed by atoms with van der Waals surface area (Å²) in [7, 11) is 0.648. The topological polar surface area (TPSA) is 70.0 Å². The van der Waals surface area contributed by atoms with Crippen LogP contribution in [0.3, 0.4) is 0 Å². The molecule has 218 valence electrons. The zero-order chi connectivity index (χ0) is 29.7. The van der Waals surface area contributed by atoms with Crippen molar-refractivity contribution >= 4 is 20.9 Å². The van der Waals surface area contributed by atoms with Crippen LogP contribution in [-0.4, -0.2) is 45.2 Å². The van der Waals surface area contributed by atoms with Gasteiger partial charge in [-0.15, -0.1) is 0 Å². The second kappa shape index (κ2) is 12.7. The van der Waals surface area contributed by atoms with Crippen molar-refractivity contribution in [3.05, 3.63) is 119 Å². The van der Waals surface area contributed by atoms with E-state index in [1.807, 2.05) is 43.3 Å². The predicted octanol–water partition coefficient (Wildman–Crippen LogP) is 6.46. The fraction of sp³-hybridized carbons (Fsp3) is 0.235. The summed E-state index contributed by atoms with van der Waals surface area (Å²) >= 11 is 0. The number of fused-ring (bicyclic) bond motifs is 1. The molecule has 0 spiro atoms. The molecule has 5 aromatic rings. The Morgan fingerprint density at radius 1 is 0.738 bits per heavy atom. The van der Waals surface area contributed by atoms with Crippen LogP contribution in [0.4, 0.5) is 0 Å². The van der Waals surface area contributed by atoms with Gasteiger partial charge in [0, 0.05) is 31.9 Å². The quantitative estimate of drug-likeness (QED) is 0.168. The maximum absolute atomic E-state index is 14.1. The Hall–Kier alpha value is -4.27. The Morgan fingerprint density at radius 2 is 1.31 bits per heavy atom. The lowest BCUT2D eigenvalue weighted by Gasteiger charge is -2.23. The smallest absolute Gasteiger partial charge is 0.268 e. The lowest BCUT2D eigenvalue weighted by atomic mass is 10.1. The van der Waals surface area contributed by atoms with Crippen molar-refractivity contribution in [3.63, 3.8) is 0 Å². The monoisotopic (exact) mass is 584 g/mol. The van der Waals surface area contributed by atoms with Crippen molar-refractivity contribution in [2.45, 2.75) is 31.3 Å². The maximum Gasteiger partial charge on any atom is 0.268 e. The molecule has 0 amide bonds. The number of aryl methyl sites for hydroxylation is 1. The predicted molar refractivity (Wildman–Crippen MR) is 166 cm³/mol. The molecule has 0 saturated heterocycles. The molecule has 42 heavy (non-hydrogen) atoms. The van der Waals surface area contributed by atoms with Crippen LogP contribution in [0.2, 0.25) is 0 Å². The van der Waals surface area contributed by atoms with Crippen LogP contribution in [0.15, 0.2) is 102 Å². The first-order chi connectivity index (χ1) is 20.3. The van der Waals surface area contributed by atoms with Crippen LogP contribution >= 0.6 is 0 Å². The van der Waals surface area contributed by atoms with E-state index in [4.69, 9.17) is 14.2 Å². The van der Waals surface area contributed by atoms with Gasteiger partial charge < -0.3 is 14.2 Å². The highest BCUT2D eigenvalue weighted by Gasteiger charge is 2.28. The van der Waals surface area contributed by atoms with Gasteiger partial charge in [0.2, 0.25) is 0 Å². The first-order valence-corrected chi connectivity index (χ1v) is 15.2. The molecule has 0 bridgehead atoms. The molecule has 5 rings (SSSR count). The third-order valence-electron chi connectivity index (χ3n) is 7.42. The third-order valence-corrected chi connectivity index (χ3v) is 9.09. The van der Waals surface area contributed by atoms with Crippen LogP contribution in [0, 0.1) is 6.92 Å². The lowest BCUT2D eigenvalue weighted by molar-refractivity contribution is 0.260. The number of benzene rings is 4. The van der Waals surface area contributed by atoms with Crippen molar-refractivity contribution < 1.29 is 22.6 Å². The Balaban J connectivity index is 1.61. The van der Waals surface area contributed by atoms with Gasteiger partial charge in [-0.3, -0.25) is 4.90 Å². The average Bonchev–Trinajstić information content (AvgIpc) is 3.40. The van der Waals surface area contributed by atoms with Gasteiger partial charge in [0.1, 0.15) is 11.3 Å². The molecular formula is C34H36N2O5S. The molecule has 0 aliphatic carbocycles. The summed E-state index contributed by atoms with van der Waals surface area (Å²) in [4.78, 5) is 2.56. The third kappa shape index (κ3) is 6.00. The number of aromatic nitrogens is 1. The van der Waals surface area contributed by atoms with Gasteiger partial charge in [0.15, 0.2) is 11.5 Å². The highest BCUT2D eigenvalue weighted by molar-refractivity contribution is 7.90. The maximum atomic E-state index is 14.1. The van der Waals surface area contributed by atoms with Crippen LogP contribution in [0.5, 0.6) is 17.2 Å². The van der Waals surface area contributed by atoms with Crippen LogP contribution in [0.1, 0.15) is 22.3 Å².